The van der Waals surface area contributed by atoms with Crippen molar-refractivity contribution in [3.63, 3.8) is 0 Å². The van der Waals surface area contributed by atoms with Gasteiger partial charge in [0, 0.05) is 12.6 Å². The van der Waals surface area contributed by atoms with E-state index in [-0.39, 0.29) is 11.1 Å². The molecule has 0 amide bonds. The smallest absolute Gasteiger partial charge is 0.281 e. The van der Waals surface area contributed by atoms with Crippen LogP contribution in [0.3, 0.4) is 0 Å². The van der Waals surface area contributed by atoms with Crippen LogP contribution >= 0.6 is 0 Å². The van der Waals surface area contributed by atoms with E-state index in [9.17, 15) is 8.42 Å². The Morgan fingerprint density at radius 2 is 2.10 bits per heavy atom. The SMILES string of the molecule is NC1CCCN(S(=O)(=O)c2ccn[nH]2)c2ccccc21. The number of nitrogens with one attached hydrogen (secondary N) is 1. The van der Waals surface area contributed by atoms with E-state index < -0.39 is 10.0 Å². The summed E-state index contributed by atoms with van der Waals surface area (Å²) in [7, 11) is -3.62. The second-order valence-corrected chi connectivity index (χ2v) is 6.64. The first-order valence-corrected chi connectivity index (χ1v) is 7.91. The molecule has 20 heavy (non-hydrogen) atoms. The van der Waals surface area contributed by atoms with Crippen LogP contribution in [0.1, 0.15) is 24.4 Å². The lowest BCUT2D eigenvalue weighted by Gasteiger charge is -2.24. The first-order chi connectivity index (χ1) is 9.60. The van der Waals surface area contributed by atoms with Gasteiger partial charge in [0.1, 0.15) is 0 Å². The molecule has 1 aromatic heterocycles. The molecule has 0 fully saturated rings. The van der Waals surface area contributed by atoms with Crippen LogP contribution in [-0.2, 0) is 10.0 Å². The molecule has 0 saturated carbocycles. The molecule has 3 rings (SSSR count). The third-order valence-electron chi connectivity index (χ3n) is 3.52. The molecule has 2 heterocycles. The highest BCUT2D eigenvalue weighted by atomic mass is 32.2. The quantitative estimate of drug-likeness (QED) is 0.875. The van der Waals surface area contributed by atoms with Gasteiger partial charge in [-0.25, -0.2) is 0 Å². The molecule has 1 aliphatic heterocycles. The zero-order valence-corrected chi connectivity index (χ0v) is 11.7. The van der Waals surface area contributed by atoms with Crippen LogP contribution in [0, 0.1) is 0 Å². The van der Waals surface area contributed by atoms with Crippen molar-refractivity contribution in [2.45, 2.75) is 23.9 Å². The summed E-state index contributed by atoms with van der Waals surface area (Å²) in [5.41, 5.74) is 7.66. The van der Waals surface area contributed by atoms with Gasteiger partial charge in [-0.05, 0) is 30.5 Å². The zero-order valence-electron chi connectivity index (χ0n) is 10.9. The summed E-state index contributed by atoms with van der Waals surface area (Å²) in [4.78, 5) is 0. The Kier molecular flexibility index (Phi) is 3.23. The van der Waals surface area contributed by atoms with E-state index in [2.05, 4.69) is 10.2 Å². The first kappa shape index (κ1) is 13.1. The number of para-hydroxylation sites is 1. The summed E-state index contributed by atoms with van der Waals surface area (Å²) < 4.78 is 26.8. The summed E-state index contributed by atoms with van der Waals surface area (Å²) in [6.07, 6.45) is 2.93. The highest BCUT2D eigenvalue weighted by Crippen LogP contribution is 2.34. The highest BCUT2D eigenvalue weighted by molar-refractivity contribution is 7.92. The summed E-state index contributed by atoms with van der Waals surface area (Å²) in [6.45, 7) is 0.423. The summed E-state index contributed by atoms with van der Waals surface area (Å²) in [6, 6.07) is 8.73. The number of sulfonamides is 1. The van der Waals surface area contributed by atoms with E-state index in [1.54, 1.807) is 6.07 Å². The number of benzene rings is 1. The number of nitrogens with two attached hydrogens (primary N) is 1. The molecule has 0 bridgehead atoms. The van der Waals surface area contributed by atoms with Gasteiger partial charge in [0.05, 0.1) is 11.9 Å². The molecule has 1 atom stereocenters. The van der Waals surface area contributed by atoms with E-state index in [4.69, 9.17) is 5.73 Å². The van der Waals surface area contributed by atoms with Crippen molar-refractivity contribution >= 4 is 15.7 Å². The van der Waals surface area contributed by atoms with E-state index in [0.29, 0.717) is 12.2 Å². The number of nitrogens with zero attached hydrogens (tertiary/aromatic N) is 2. The molecule has 1 aromatic carbocycles. The van der Waals surface area contributed by atoms with Gasteiger partial charge in [-0.15, -0.1) is 0 Å². The van der Waals surface area contributed by atoms with Crippen LogP contribution < -0.4 is 10.0 Å². The van der Waals surface area contributed by atoms with Crippen LogP contribution in [0.15, 0.2) is 41.6 Å². The molecular weight excluding hydrogens is 276 g/mol. The van der Waals surface area contributed by atoms with E-state index >= 15 is 0 Å². The number of aromatic amines is 1. The number of aromatic nitrogens is 2. The summed E-state index contributed by atoms with van der Waals surface area (Å²) in [5.74, 6) is 0. The highest BCUT2D eigenvalue weighted by Gasteiger charge is 2.30. The fourth-order valence-corrected chi connectivity index (χ4v) is 3.95. The largest absolute Gasteiger partial charge is 0.324 e. The Balaban J connectivity index is 2.13. The topological polar surface area (TPSA) is 92.1 Å². The maximum absolute atomic E-state index is 12.7. The maximum Gasteiger partial charge on any atom is 0.281 e. The molecular formula is C13H16N4O2S. The molecule has 1 unspecified atom stereocenters. The van der Waals surface area contributed by atoms with Crippen molar-refractivity contribution < 1.29 is 8.42 Å². The van der Waals surface area contributed by atoms with Gasteiger partial charge in [-0.2, -0.15) is 13.5 Å². The van der Waals surface area contributed by atoms with Crippen molar-refractivity contribution in [1.29, 1.82) is 0 Å². The fourth-order valence-electron chi connectivity index (χ4n) is 2.51. The summed E-state index contributed by atoms with van der Waals surface area (Å²) >= 11 is 0. The van der Waals surface area contributed by atoms with E-state index in [1.807, 2.05) is 18.2 Å². The Hall–Kier alpha value is -1.86. The van der Waals surface area contributed by atoms with Crippen LogP contribution in [0.4, 0.5) is 5.69 Å². The van der Waals surface area contributed by atoms with Gasteiger partial charge >= 0.3 is 0 Å². The van der Waals surface area contributed by atoms with Crippen LogP contribution in [0.2, 0.25) is 0 Å². The normalized spacial score (nSPS) is 19.4. The zero-order chi connectivity index (χ0) is 14.2. The number of hydrogen-bond acceptors (Lipinski definition) is 4. The number of rotatable bonds is 2. The minimum atomic E-state index is -3.62. The predicted octanol–water partition coefficient (Wildman–Crippen LogP) is 1.40. The maximum atomic E-state index is 12.7. The average Bonchev–Trinajstić information content (AvgIpc) is 2.93. The average molecular weight is 292 g/mol. The van der Waals surface area contributed by atoms with Gasteiger partial charge in [-0.3, -0.25) is 9.40 Å². The fraction of sp³-hybridized carbons (Fsp3) is 0.308. The third kappa shape index (κ3) is 2.08. The molecule has 3 N–H and O–H groups in total. The molecule has 2 aromatic rings. The minimum Gasteiger partial charge on any atom is -0.324 e. The van der Waals surface area contributed by atoms with Gasteiger partial charge < -0.3 is 5.73 Å². The van der Waals surface area contributed by atoms with E-state index in [0.717, 1.165) is 18.4 Å². The van der Waals surface area contributed by atoms with Crippen LogP contribution in [0.5, 0.6) is 0 Å². The lowest BCUT2D eigenvalue weighted by atomic mass is 10.0. The molecule has 6 nitrogen and oxygen atoms in total. The second kappa shape index (κ2) is 4.92. The second-order valence-electron chi connectivity index (χ2n) is 4.81. The lowest BCUT2D eigenvalue weighted by molar-refractivity contribution is 0.583. The molecule has 0 spiro atoms. The van der Waals surface area contributed by atoms with Crippen molar-refractivity contribution in [2.75, 3.05) is 10.8 Å². The molecule has 0 aliphatic carbocycles. The molecule has 0 saturated heterocycles. The molecule has 1 aliphatic rings. The molecule has 106 valence electrons. The van der Waals surface area contributed by atoms with Crippen molar-refractivity contribution in [3.8, 4) is 0 Å². The number of H-pyrrole nitrogens is 1. The summed E-state index contributed by atoms with van der Waals surface area (Å²) in [5, 5.41) is 6.35. The van der Waals surface area contributed by atoms with Crippen molar-refractivity contribution in [1.82, 2.24) is 10.2 Å². The van der Waals surface area contributed by atoms with Gasteiger partial charge in [0.2, 0.25) is 0 Å². The number of fused-ring (bicyclic) bond motifs is 1. The Bertz CT molecular complexity index is 697. The van der Waals surface area contributed by atoms with Crippen LogP contribution in [-0.4, -0.2) is 25.2 Å². The van der Waals surface area contributed by atoms with E-state index in [1.165, 1.54) is 16.6 Å². The Morgan fingerprint density at radius 3 is 2.85 bits per heavy atom. The minimum absolute atomic E-state index is 0.0998. The molecule has 0 radical (unpaired) electrons. The van der Waals surface area contributed by atoms with Crippen molar-refractivity contribution in [2.24, 2.45) is 5.73 Å². The number of hydrogen-bond donors (Lipinski definition) is 2. The standard InChI is InChI=1S/C13H16N4O2S/c14-11-5-3-9-17(12-6-2-1-4-10(11)12)20(18,19)13-7-8-15-16-13/h1-2,4,6-8,11H,3,5,9,14H2,(H,15,16). The number of anilines is 1. The predicted molar refractivity (Wildman–Crippen MR) is 75.7 cm³/mol. The lowest BCUT2D eigenvalue weighted by Crippen LogP contribution is -2.32. The monoisotopic (exact) mass is 292 g/mol. The first-order valence-electron chi connectivity index (χ1n) is 6.47. The van der Waals surface area contributed by atoms with Gasteiger partial charge in [-0.1, -0.05) is 18.2 Å². The third-order valence-corrected chi connectivity index (χ3v) is 5.27. The van der Waals surface area contributed by atoms with Gasteiger partial charge in [0.25, 0.3) is 10.0 Å². The molecule has 7 heteroatoms. The Labute approximate surface area is 117 Å². The van der Waals surface area contributed by atoms with Gasteiger partial charge in [0.15, 0.2) is 5.03 Å². The van der Waals surface area contributed by atoms with Crippen LogP contribution in [0.25, 0.3) is 0 Å². The van der Waals surface area contributed by atoms with Crippen molar-refractivity contribution in [3.05, 3.63) is 42.1 Å². The Morgan fingerprint density at radius 1 is 1.30 bits per heavy atom.